The first-order valence-electron chi connectivity index (χ1n) is 5.79. The van der Waals surface area contributed by atoms with Gasteiger partial charge in [0.05, 0.1) is 12.2 Å². The predicted octanol–water partition coefficient (Wildman–Crippen LogP) is 2.42. The van der Waals surface area contributed by atoms with Crippen LogP contribution in [0.4, 0.5) is 0 Å². The third-order valence-corrected chi connectivity index (χ3v) is 3.06. The van der Waals surface area contributed by atoms with E-state index < -0.39 is 0 Å². The van der Waals surface area contributed by atoms with Gasteiger partial charge in [-0.15, -0.1) is 0 Å². The monoisotopic (exact) mass is 210 g/mol. The van der Waals surface area contributed by atoms with E-state index in [1.165, 1.54) is 0 Å². The molecule has 1 unspecified atom stereocenters. The highest BCUT2D eigenvalue weighted by atomic mass is 16.3. The molecule has 0 aromatic carbocycles. The van der Waals surface area contributed by atoms with Crippen molar-refractivity contribution in [3.8, 4) is 0 Å². The topological polar surface area (TPSA) is 40.5 Å². The summed E-state index contributed by atoms with van der Waals surface area (Å²) in [5.74, 6) is 0.180. The second kappa shape index (κ2) is 5.47. The van der Waals surface area contributed by atoms with Crippen LogP contribution in [0.2, 0.25) is 0 Å². The Bertz CT molecular complexity index is 255. The minimum Gasteiger partial charge on any atom is -0.393 e. The van der Waals surface area contributed by atoms with Crippen molar-refractivity contribution >= 4 is 0 Å². The molecule has 0 saturated carbocycles. The van der Waals surface area contributed by atoms with Crippen molar-refractivity contribution in [1.29, 1.82) is 0 Å². The van der Waals surface area contributed by atoms with Crippen LogP contribution >= 0.6 is 0 Å². The predicted molar refractivity (Wildman–Crippen MR) is 62.5 cm³/mol. The van der Waals surface area contributed by atoms with Crippen LogP contribution in [0.15, 0.2) is 23.8 Å². The van der Waals surface area contributed by atoms with Crippen molar-refractivity contribution in [2.45, 2.75) is 51.7 Å². The molecular formula is C13H22O2. The molecule has 0 aromatic heterocycles. The first-order chi connectivity index (χ1) is 7.04. The van der Waals surface area contributed by atoms with Crippen LogP contribution in [0.5, 0.6) is 0 Å². The molecular weight excluding hydrogens is 188 g/mol. The second-order valence-electron chi connectivity index (χ2n) is 4.57. The van der Waals surface area contributed by atoms with Crippen LogP contribution in [0.1, 0.15) is 39.5 Å². The third-order valence-electron chi connectivity index (χ3n) is 3.06. The van der Waals surface area contributed by atoms with Crippen molar-refractivity contribution in [1.82, 2.24) is 0 Å². The SMILES string of the molecule is C=C1C[C@H](O)C(C)C=C1C[C@H](O)CCC. The Kier molecular flexibility index (Phi) is 4.55. The van der Waals surface area contributed by atoms with Gasteiger partial charge in [-0.05, 0) is 30.4 Å². The Morgan fingerprint density at radius 2 is 2.27 bits per heavy atom. The molecule has 3 atom stereocenters. The van der Waals surface area contributed by atoms with Crippen molar-refractivity contribution < 1.29 is 10.2 Å². The molecule has 2 nitrogen and oxygen atoms in total. The lowest BCUT2D eigenvalue weighted by molar-refractivity contribution is 0.129. The van der Waals surface area contributed by atoms with E-state index in [0.29, 0.717) is 12.8 Å². The van der Waals surface area contributed by atoms with Crippen LogP contribution in [0.25, 0.3) is 0 Å². The van der Waals surface area contributed by atoms with Gasteiger partial charge in [-0.25, -0.2) is 0 Å². The number of aliphatic hydroxyl groups is 2. The second-order valence-corrected chi connectivity index (χ2v) is 4.57. The Morgan fingerprint density at radius 3 is 2.87 bits per heavy atom. The summed E-state index contributed by atoms with van der Waals surface area (Å²) in [6, 6.07) is 0. The minimum absolute atomic E-state index is 0.180. The van der Waals surface area contributed by atoms with Gasteiger partial charge in [0, 0.05) is 5.92 Å². The van der Waals surface area contributed by atoms with E-state index in [-0.39, 0.29) is 18.1 Å². The molecule has 1 rings (SSSR count). The highest BCUT2D eigenvalue weighted by Gasteiger charge is 2.22. The average molecular weight is 210 g/mol. The zero-order valence-electron chi connectivity index (χ0n) is 9.74. The Balaban J connectivity index is 2.60. The van der Waals surface area contributed by atoms with Gasteiger partial charge in [-0.3, -0.25) is 0 Å². The summed E-state index contributed by atoms with van der Waals surface area (Å²) < 4.78 is 0. The quantitative estimate of drug-likeness (QED) is 0.748. The number of rotatable bonds is 4. The standard InChI is InChI=1S/C13H22O2/c1-4-5-12(14)8-11-6-10(3)13(15)7-9(11)2/h6,10,12-15H,2,4-5,7-8H2,1,3H3/t10?,12-,13+/m1/s1. The first kappa shape index (κ1) is 12.5. The van der Waals surface area contributed by atoms with E-state index in [0.717, 1.165) is 24.0 Å². The van der Waals surface area contributed by atoms with Gasteiger partial charge >= 0.3 is 0 Å². The van der Waals surface area contributed by atoms with Crippen molar-refractivity contribution in [2.24, 2.45) is 5.92 Å². The van der Waals surface area contributed by atoms with Crippen LogP contribution in [0.3, 0.4) is 0 Å². The normalized spacial score (nSPS) is 28.8. The van der Waals surface area contributed by atoms with Gasteiger partial charge in [-0.2, -0.15) is 0 Å². The van der Waals surface area contributed by atoms with Crippen molar-refractivity contribution in [3.05, 3.63) is 23.8 Å². The van der Waals surface area contributed by atoms with Crippen molar-refractivity contribution in [2.75, 3.05) is 0 Å². The molecule has 2 N–H and O–H groups in total. The Hall–Kier alpha value is -0.600. The zero-order valence-corrected chi connectivity index (χ0v) is 9.74. The van der Waals surface area contributed by atoms with E-state index >= 15 is 0 Å². The van der Waals surface area contributed by atoms with Crippen LogP contribution in [-0.2, 0) is 0 Å². The fourth-order valence-electron chi connectivity index (χ4n) is 2.02. The van der Waals surface area contributed by atoms with Crippen LogP contribution < -0.4 is 0 Å². The maximum Gasteiger partial charge on any atom is 0.0640 e. The molecule has 0 aromatic rings. The van der Waals surface area contributed by atoms with Gasteiger partial charge in [0.25, 0.3) is 0 Å². The van der Waals surface area contributed by atoms with E-state index in [4.69, 9.17) is 0 Å². The lowest BCUT2D eigenvalue weighted by Gasteiger charge is -2.26. The van der Waals surface area contributed by atoms with E-state index in [1.807, 2.05) is 6.92 Å². The van der Waals surface area contributed by atoms with Gasteiger partial charge in [-0.1, -0.05) is 32.9 Å². The molecule has 1 aliphatic carbocycles. The molecule has 0 fully saturated rings. The van der Waals surface area contributed by atoms with Gasteiger partial charge in [0.15, 0.2) is 0 Å². The van der Waals surface area contributed by atoms with Gasteiger partial charge in [0.1, 0.15) is 0 Å². The summed E-state index contributed by atoms with van der Waals surface area (Å²) >= 11 is 0. The fraction of sp³-hybridized carbons (Fsp3) is 0.692. The molecule has 0 radical (unpaired) electrons. The summed E-state index contributed by atoms with van der Waals surface area (Å²) in [5, 5.41) is 19.4. The fourth-order valence-corrected chi connectivity index (χ4v) is 2.02. The number of hydrogen-bond donors (Lipinski definition) is 2. The average Bonchev–Trinajstić information content (AvgIpc) is 2.14. The Morgan fingerprint density at radius 1 is 1.60 bits per heavy atom. The molecule has 0 spiro atoms. The lowest BCUT2D eigenvalue weighted by atomic mass is 9.83. The maximum absolute atomic E-state index is 9.73. The third kappa shape index (κ3) is 3.47. The summed E-state index contributed by atoms with van der Waals surface area (Å²) in [6.07, 6.45) is 4.65. The van der Waals surface area contributed by atoms with Gasteiger partial charge < -0.3 is 10.2 Å². The van der Waals surface area contributed by atoms with E-state index in [9.17, 15) is 10.2 Å². The molecule has 0 bridgehead atoms. The number of hydrogen-bond acceptors (Lipinski definition) is 2. The summed E-state index contributed by atoms with van der Waals surface area (Å²) in [7, 11) is 0. The van der Waals surface area contributed by atoms with Crippen molar-refractivity contribution in [3.63, 3.8) is 0 Å². The molecule has 0 amide bonds. The summed E-state index contributed by atoms with van der Waals surface area (Å²) in [6.45, 7) is 8.03. The van der Waals surface area contributed by atoms with E-state index in [1.54, 1.807) is 0 Å². The van der Waals surface area contributed by atoms with Gasteiger partial charge in [0.2, 0.25) is 0 Å². The summed E-state index contributed by atoms with van der Waals surface area (Å²) in [5.41, 5.74) is 2.12. The number of aliphatic hydroxyl groups excluding tert-OH is 2. The van der Waals surface area contributed by atoms with Crippen LogP contribution in [0, 0.1) is 5.92 Å². The van der Waals surface area contributed by atoms with E-state index in [2.05, 4.69) is 19.6 Å². The molecule has 0 aliphatic heterocycles. The highest BCUT2D eigenvalue weighted by molar-refractivity contribution is 5.33. The molecule has 1 aliphatic rings. The lowest BCUT2D eigenvalue weighted by Crippen LogP contribution is -2.23. The largest absolute Gasteiger partial charge is 0.393 e. The highest BCUT2D eigenvalue weighted by Crippen LogP contribution is 2.30. The zero-order chi connectivity index (χ0) is 11.4. The Labute approximate surface area is 92.3 Å². The molecule has 0 saturated heterocycles. The molecule has 15 heavy (non-hydrogen) atoms. The first-order valence-corrected chi connectivity index (χ1v) is 5.79. The summed E-state index contributed by atoms with van der Waals surface area (Å²) in [4.78, 5) is 0. The molecule has 2 heteroatoms. The van der Waals surface area contributed by atoms with Crippen LogP contribution in [-0.4, -0.2) is 22.4 Å². The molecule has 0 heterocycles. The maximum atomic E-state index is 9.73. The molecule has 86 valence electrons. The minimum atomic E-state index is -0.301. The smallest absolute Gasteiger partial charge is 0.0640 e.